The summed E-state index contributed by atoms with van der Waals surface area (Å²) in [5.41, 5.74) is 0.982. The Labute approximate surface area is 182 Å². The van der Waals surface area contributed by atoms with Crippen molar-refractivity contribution in [3.05, 3.63) is 36.0 Å². The summed E-state index contributed by atoms with van der Waals surface area (Å²) in [6, 6.07) is 9.52. The molecule has 1 amide bonds. The second kappa shape index (κ2) is 8.61. The molecule has 0 spiro atoms. The third kappa shape index (κ3) is 4.24. The van der Waals surface area contributed by atoms with Crippen LogP contribution in [0.25, 0.3) is 0 Å². The molecule has 0 aliphatic carbocycles. The highest BCUT2D eigenvalue weighted by Gasteiger charge is 2.33. The van der Waals surface area contributed by atoms with Crippen molar-refractivity contribution in [1.29, 1.82) is 0 Å². The average Bonchev–Trinajstić information content (AvgIpc) is 2.83. The molecule has 1 atom stereocenters. The summed E-state index contributed by atoms with van der Waals surface area (Å²) in [6.45, 7) is 7.09. The first kappa shape index (κ1) is 19.9. The van der Waals surface area contributed by atoms with E-state index in [-0.39, 0.29) is 12.5 Å². The Morgan fingerprint density at radius 3 is 2.45 bits per heavy atom. The third-order valence-corrected chi connectivity index (χ3v) is 6.17. The lowest BCUT2D eigenvalue weighted by molar-refractivity contribution is -0.141. The van der Waals surface area contributed by atoms with E-state index < -0.39 is 6.10 Å². The molecule has 8 nitrogen and oxygen atoms in total. The molecule has 2 aromatic rings. The first-order chi connectivity index (χ1) is 15.2. The van der Waals surface area contributed by atoms with Gasteiger partial charge < -0.3 is 24.2 Å². The van der Waals surface area contributed by atoms with E-state index in [1.54, 1.807) is 0 Å². The zero-order valence-corrected chi connectivity index (χ0v) is 18.0. The van der Waals surface area contributed by atoms with Gasteiger partial charge in [0.1, 0.15) is 12.4 Å². The van der Waals surface area contributed by atoms with Crippen LogP contribution in [0.15, 0.2) is 30.3 Å². The predicted octanol–water partition coefficient (Wildman–Crippen LogP) is 2.26. The van der Waals surface area contributed by atoms with Crippen molar-refractivity contribution in [3.63, 3.8) is 0 Å². The highest BCUT2D eigenvalue weighted by Crippen LogP contribution is 2.31. The van der Waals surface area contributed by atoms with Gasteiger partial charge in [0.25, 0.3) is 5.91 Å². The normalized spacial score (nSPS) is 21.2. The van der Waals surface area contributed by atoms with Crippen molar-refractivity contribution < 1.29 is 14.3 Å². The van der Waals surface area contributed by atoms with Gasteiger partial charge in [-0.15, -0.1) is 0 Å². The van der Waals surface area contributed by atoms with Crippen LogP contribution in [-0.2, 0) is 4.79 Å². The molecule has 31 heavy (non-hydrogen) atoms. The fourth-order valence-electron chi connectivity index (χ4n) is 4.43. The number of aromatic nitrogens is 2. The summed E-state index contributed by atoms with van der Waals surface area (Å²) in [5.74, 6) is 3.10. The van der Waals surface area contributed by atoms with Crippen LogP contribution in [-0.4, -0.2) is 72.8 Å². The number of para-hydroxylation sites is 2. The maximum absolute atomic E-state index is 13.0. The van der Waals surface area contributed by atoms with E-state index >= 15 is 0 Å². The Hall–Kier alpha value is -3.03. The number of ether oxygens (including phenoxy) is 2. The maximum Gasteiger partial charge on any atom is 0.267 e. The van der Waals surface area contributed by atoms with E-state index in [9.17, 15) is 4.79 Å². The Kier molecular flexibility index (Phi) is 5.53. The van der Waals surface area contributed by atoms with Crippen molar-refractivity contribution in [3.8, 4) is 11.5 Å². The number of amides is 1. The predicted molar refractivity (Wildman–Crippen MR) is 118 cm³/mol. The molecule has 0 radical (unpaired) electrons. The van der Waals surface area contributed by atoms with Gasteiger partial charge in [-0.1, -0.05) is 12.1 Å². The van der Waals surface area contributed by atoms with E-state index in [4.69, 9.17) is 14.5 Å². The van der Waals surface area contributed by atoms with Crippen LogP contribution in [0.5, 0.6) is 11.5 Å². The number of rotatable bonds is 3. The summed E-state index contributed by atoms with van der Waals surface area (Å²) in [7, 11) is 0. The zero-order chi connectivity index (χ0) is 21.2. The number of piperidine rings is 1. The Balaban J connectivity index is 1.22. The summed E-state index contributed by atoms with van der Waals surface area (Å²) in [5, 5.41) is 0. The van der Waals surface area contributed by atoms with E-state index in [1.807, 2.05) is 42.2 Å². The standard InChI is InChI=1S/C23H29N5O3/c1-17-15-21(25-23(24-17)28-9-5-2-6-10-28)26-11-13-27(14-12-26)22(29)20-16-30-18-7-3-4-8-19(18)31-20/h3-4,7-8,15,20H,2,5-6,9-14,16H2,1H3. The fraction of sp³-hybridized carbons (Fsp3) is 0.522. The van der Waals surface area contributed by atoms with Gasteiger partial charge in [-0.3, -0.25) is 4.79 Å². The Morgan fingerprint density at radius 1 is 0.935 bits per heavy atom. The topological polar surface area (TPSA) is 71.0 Å². The number of anilines is 2. The zero-order valence-electron chi connectivity index (χ0n) is 18.0. The lowest BCUT2D eigenvalue weighted by Crippen LogP contribution is -2.54. The van der Waals surface area contributed by atoms with Crippen LogP contribution in [0, 0.1) is 6.92 Å². The highest BCUT2D eigenvalue weighted by atomic mass is 16.6. The van der Waals surface area contributed by atoms with Gasteiger partial charge in [0.15, 0.2) is 11.5 Å². The molecule has 1 aromatic heterocycles. The van der Waals surface area contributed by atoms with Crippen LogP contribution in [0.2, 0.25) is 0 Å². The molecule has 3 aliphatic rings. The van der Waals surface area contributed by atoms with E-state index in [0.29, 0.717) is 24.6 Å². The van der Waals surface area contributed by atoms with Crippen molar-refractivity contribution in [1.82, 2.24) is 14.9 Å². The van der Waals surface area contributed by atoms with E-state index in [2.05, 4.69) is 14.8 Å². The summed E-state index contributed by atoms with van der Waals surface area (Å²) < 4.78 is 11.6. The lowest BCUT2D eigenvalue weighted by Gasteiger charge is -2.38. The number of carbonyl (C=O) groups is 1. The summed E-state index contributed by atoms with van der Waals surface area (Å²) in [6.07, 6.45) is 3.09. The molecule has 0 saturated carbocycles. The Morgan fingerprint density at radius 2 is 1.68 bits per heavy atom. The van der Waals surface area contributed by atoms with E-state index in [1.165, 1.54) is 19.3 Å². The lowest BCUT2D eigenvalue weighted by atomic mass is 10.1. The van der Waals surface area contributed by atoms with Crippen LogP contribution in [0.4, 0.5) is 11.8 Å². The summed E-state index contributed by atoms with van der Waals surface area (Å²) >= 11 is 0. The number of aryl methyl sites for hydroxylation is 1. The van der Waals surface area contributed by atoms with Crippen LogP contribution < -0.4 is 19.3 Å². The first-order valence-corrected chi connectivity index (χ1v) is 11.2. The minimum Gasteiger partial charge on any atom is -0.485 e. The SMILES string of the molecule is Cc1cc(N2CCN(C(=O)C3COc4ccccc4O3)CC2)nc(N2CCCCC2)n1. The van der Waals surface area contributed by atoms with Gasteiger partial charge in [-0.05, 0) is 38.3 Å². The van der Waals surface area contributed by atoms with Gasteiger partial charge in [0.2, 0.25) is 12.1 Å². The molecular weight excluding hydrogens is 394 g/mol. The maximum atomic E-state index is 13.0. The molecule has 0 N–H and O–H groups in total. The largest absolute Gasteiger partial charge is 0.485 e. The van der Waals surface area contributed by atoms with Crippen LogP contribution in [0.1, 0.15) is 25.0 Å². The summed E-state index contributed by atoms with van der Waals surface area (Å²) in [4.78, 5) is 28.9. The van der Waals surface area contributed by atoms with Crippen molar-refractivity contribution in [2.24, 2.45) is 0 Å². The van der Waals surface area contributed by atoms with Crippen molar-refractivity contribution in [2.75, 3.05) is 55.7 Å². The van der Waals surface area contributed by atoms with Gasteiger partial charge in [0.05, 0.1) is 0 Å². The smallest absolute Gasteiger partial charge is 0.267 e. The third-order valence-electron chi connectivity index (χ3n) is 6.17. The monoisotopic (exact) mass is 423 g/mol. The number of piperazine rings is 1. The fourth-order valence-corrected chi connectivity index (χ4v) is 4.43. The Bertz CT molecular complexity index is 939. The van der Waals surface area contributed by atoms with Crippen LogP contribution in [0.3, 0.4) is 0 Å². The number of benzene rings is 1. The molecule has 4 heterocycles. The first-order valence-electron chi connectivity index (χ1n) is 11.2. The average molecular weight is 424 g/mol. The number of fused-ring (bicyclic) bond motifs is 1. The molecule has 0 bridgehead atoms. The molecule has 1 aromatic carbocycles. The molecule has 1 unspecified atom stereocenters. The van der Waals surface area contributed by atoms with Gasteiger partial charge in [-0.2, -0.15) is 4.98 Å². The second-order valence-electron chi connectivity index (χ2n) is 8.39. The number of nitrogens with zero attached hydrogens (tertiary/aromatic N) is 5. The minimum atomic E-state index is -0.589. The molecule has 3 aliphatic heterocycles. The number of hydrogen-bond donors (Lipinski definition) is 0. The number of carbonyl (C=O) groups excluding carboxylic acids is 1. The van der Waals surface area contributed by atoms with Gasteiger partial charge in [0, 0.05) is 51.0 Å². The molecular formula is C23H29N5O3. The van der Waals surface area contributed by atoms with Crippen LogP contribution >= 0.6 is 0 Å². The molecule has 5 rings (SSSR count). The second-order valence-corrected chi connectivity index (χ2v) is 8.39. The molecule has 164 valence electrons. The van der Waals surface area contributed by atoms with Gasteiger partial charge >= 0.3 is 0 Å². The number of hydrogen-bond acceptors (Lipinski definition) is 7. The van der Waals surface area contributed by atoms with Crippen molar-refractivity contribution >= 4 is 17.7 Å². The van der Waals surface area contributed by atoms with E-state index in [0.717, 1.165) is 43.6 Å². The minimum absolute atomic E-state index is 0.0120. The molecule has 2 fully saturated rings. The highest BCUT2D eigenvalue weighted by molar-refractivity contribution is 5.82. The quantitative estimate of drug-likeness (QED) is 0.750. The molecule has 8 heteroatoms. The van der Waals surface area contributed by atoms with Gasteiger partial charge in [-0.25, -0.2) is 4.98 Å². The van der Waals surface area contributed by atoms with Crippen molar-refractivity contribution in [2.45, 2.75) is 32.3 Å². The molecule has 2 saturated heterocycles.